The molecule has 0 amide bonds. The van der Waals surface area contributed by atoms with Crippen LogP contribution in [0.5, 0.6) is 0 Å². The van der Waals surface area contributed by atoms with Gasteiger partial charge < -0.3 is 0 Å². The Balaban J connectivity index is 2.10. The zero-order chi connectivity index (χ0) is 19.8. The summed E-state index contributed by atoms with van der Waals surface area (Å²) in [7, 11) is -4.15. The molecule has 0 fully saturated rings. The van der Waals surface area contributed by atoms with Crippen LogP contribution in [0.15, 0.2) is 50.3 Å². The summed E-state index contributed by atoms with van der Waals surface area (Å²) >= 11 is 12.5. The van der Waals surface area contributed by atoms with Gasteiger partial charge >= 0.3 is 0 Å². The van der Waals surface area contributed by atoms with Gasteiger partial charge in [0.05, 0.1) is 15.7 Å². The number of benzene rings is 1. The summed E-state index contributed by atoms with van der Waals surface area (Å²) in [4.78, 5) is 15.5. The zero-order valence-corrected chi connectivity index (χ0v) is 16.6. The molecule has 2 aromatic rings. The number of anilines is 1. The molecule has 0 radical (unpaired) electrons. The third-order valence-electron chi connectivity index (χ3n) is 3.79. The van der Waals surface area contributed by atoms with Gasteiger partial charge in [0.1, 0.15) is 11.2 Å². The minimum atomic E-state index is -4.15. The smallest absolute Gasteiger partial charge is 0.267 e. The fourth-order valence-corrected chi connectivity index (χ4v) is 4.82. The first-order chi connectivity index (χ1) is 12.7. The molecule has 0 saturated heterocycles. The second-order valence-electron chi connectivity index (χ2n) is 5.97. The Labute approximate surface area is 165 Å². The number of hydrazine groups is 1. The highest BCUT2D eigenvalue weighted by Crippen LogP contribution is 2.36. The van der Waals surface area contributed by atoms with E-state index >= 15 is 0 Å². The van der Waals surface area contributed by atoms with E-state index in [1.54, 1.807) is 26.2 Å². The van der Waals surface area contributed by atoms with Crippen LogP contribution in [-0.4, -0.2) is 25.0 Å². The van der Waals surface area contributed by atoms with Gasteiger partial charge in [0.15, 0.2) is 5.03 Å². The number of sulfone groups is 1. The number of aromatic nitrogens is 2. The summed E-state index contributed by atoms with van der Waals surface area (Å²) in [6, 6.07) is 4.12. The monoisotopic (exact) mass is 427 g/mol. The molecule has 0 aliphatic carbocycles. The summed E-state index contributed by atoms with van der Waals surface area (Å²) in [5.74, 6) is -0.184. The van der Waals surface area contributed by atoms with Gasteiger partial charge in [0.25, 0.3) is 5.56 Å². The molecule has 0 spiro atoms. The number of halogens is 2. The van der Waals surface area contributed by atoms with Crippen LogP contribution in [0, 0.1) is 0 Å². The third kappa shape index (κ3) is 3.71. The van der Waals surface area contributed by atoms with Gasteiger partial charge in [-0.2, -0.15) is 5.10 Å². The molecular formula is C16H15Cl2N5O3S. The molecule has 1 aliphatic heterocycles. The van der Waals surface area contributed by atoms with Crippen molar-refractivity contribution >= 4 is 45.1 Å². The summed E-state index contributed by atoms with van der Waals surface area (Å²) in [5, 5.41) is 6.90. The van der Waals surface area contributed by atoms with E-state index in [1.165, 1.54) is 29.5 Å². The van der Waals surface area contributed by atoms with Gasteiger partial charge in [-0.15, -0.1) is 0 Å². The molecule has 1 aromatic heterocycles. The van der Waals surface area contributed by atoms with Crippen LogP contribution in [0.4, 0.5) is 5.69 Å². The number of H-pyrrole nitrogens is 1. The third-order valence-corrected chi connectivity index (χ3v) is 6.35. The highest BCUT2D eigenvalue weighted by Gasteiger charge is 2.28. The number of nitrogens with zero attached hydrogens (tertiary/aromatic N) is 3. The fourth-order valence-electron chi connectivity index (χ4n) is 2.45. The normalized spacial score (nSPS) is 13.9. The van der Waals surface area contributed by atoms with Crippen LogP contribution in [0.2, 0.25) is 10.0 Å². The van der Waals surface area contributed by atoms with E-state index in [-0.39, 0.29) is 25.9 Å². The van der Waals surface area contributed by atoms with Crippen molar-refractivity contribution in [1.82, 2.24) is 15.6 Å². The van der Waals surface area contributed by atoms with Crippen molar-refractivity contribution in [1.29, 1.82) is 0 Å². The Hall–Kier alpha value is -2.36. The predicted molar refractivity (Wildman–Crippen MR) is 104 cm³/mol. The van der Waals surface area contributed by atoms with E-state index < -0.39 is 15.4 Å². The number of hydrogen-bond acceptors (Lipinski definition) is 7. The molecule has 0 bridgehead atoms. The number of rotatable bonds is 4. The van der Waals surface area contributed by atoms with E-state index in [1.807, 2.05) is 0 Å². The van der Waals surface area contributed by atoms with E-state index in [0.717, 1.165) is 0 Å². The van der Waals surface area contributed by atoms with Crippen molar-refractivity contribution in [3.8, 4) is 0 Å². The van der Waals surface area contributed by atoms with Crippen molar-refractivity contribution in [3.05, 3.63) is 56.6 Å². The first-order valence-corrected chi connectivity index (χ1v) is 10.0. The van der Waals surface area contributed by atoms with E-state index in [2.05, 4.69) is 20.6 Å². The van der Waals surface area contributed by atoms with Crippen LogP contribution in [0.1, 0.15) is 25.3 Å². The predicted octanol–water partition coefficient (Wildman–Crippen LogP) is 2.86. The lowest BCUT2D eigenvalue weighted by Crippen LogP contribution is -2.34. The second-order valence-corrected chi connectivity index (χ2v) is 8.61. The standard InChI is InChI=1S/C16H15Cl2N5O3S/c1-9(2)11-7-14(21-22-16(11)24)27(25,26)15-12(17)5-10(6-13(15)18)23-8-19-3-4-20-23/h3-9,20H,1-2H3,(H,22,24). The molecule has 8 nitrogen and oxygen atoms in total. The van der Waals surface area contributed by atoms with Crippen molar-refractivity contribution in [2.24, 2.45) is 4.99 Å². The number of nitrogens with one attached hydrogen (secondary N) is 2. The highest BCUT2D eigenvalue weighted by atomic mass is 35.5. The summed E-state index contributed by atoms with van der Waals surface area (Å²) in [6.45, 7) is 3.55. The fraction of sp³-hybridized carbons (Fsp3) is 0.188. The molecule has 0 unspecified atom stereocenters. The molecule has 1 aromatic carbocycles. The average molecular weight is 428 g/mol. The molecule has 11 heteroatoms. The Kier molecular flexibility index (Phi) is 5.27. The quantitative estimate of drug-likeness (QED) is 0.776. The summed E-state index contributed by atoms with van der Waals surface area (Å²) in [6.07, 6.45) is 4.62. The van der Waals surface area contributed by atoms with Crippen molar-refractivity contribution < 1.29 is 8.42 Å². The molecule has 142 valence electrons. The first kappa shape index (κ1) is 19.4. The Bertz CT molecular complexity index is 1090. The molecular weight excluding hydrogens is 413 g/mol. The van der Waals surface area contributed by atoms with Gasteiger partial charge in [0.2, 0.25) is 9.84 Å². The largest absolute Gasteiger partial charge is 0.299 e. The highest BCUT2D eigenvalue weighted by molar-refractivity contribution is 7.91. The van der Waals surface area contributed by atoms with Crippen molar-refractivity contribution in [2.45, 2.75) is 29.7 Å². The summed E-state index contributed by atoms with van der Waals surface area (Å²) in [5.41, 5.74) is 3.24. The lowest BCUT2D eigenvalue weighted by atomic mass is 10.1. The van der Waals surface area contributed by atoms with Gasteiger partial charge in [-0.3, -0.25) is 10.2 Å². The van der Waals surface area contributed by atoms with E-state index in [0.29, 0.717) is 11.3 Å². The maximum Gasteiger partial charge on any atom is 0.267 e. The van der Waals surface area contributed by atoms with Crippen molar-refractivity contribution in [3.63, 3.8) is 0 Å². The summed E-state index contributed by atoms with van der Waals surface area (Å²) < 4.78 is 26.1. The van der Waals surface area contributed by atoms with Crippen LogP contribution in [0.25, 0.3) is 0 Å². The molecule has 3 rings (SSSR count). The van der Waals surface area contributed by atoms with Gasteiger partial charge in [-0.1, -0.05) is 37.0 Å². The van der Waals surface area contributed by atoms with E-state index in [9.17, 15) is 13.2 Å². The maximum atomic E-state index is 13.0. The average Bonchev–Trinajstić information content (AvgIpc) is 2.61. The minimum Gasteiger partial charge on any atom is -0.299 e. The Morgan fingerprint density at radius 3 is 2.37 bits per heavy atom. The topological polar surface area (TPSA) is 108 Å². The zero-order valence-electron chi connectivity index (χ0n) is 14.3. The van der Waals surface area contributed by atoms with Crippen LogP contribution >= 0.6 is 23.2 Å². The number of aromatic amines is 1. The molecule has 0 atom stereocenters. The van der Waals surface area contributed by atoms with Crippen LogP contribution < -0.4 is 16.0 Å². The molecule has 2 N–H and O–H groups in total. The molecule has 1 aliphatic rings. The van der Waals surface area contributed by atoms with Crippen LogP contribution in [0.3, 0.4) is 0 Å². The maximum absolute atomic E-state index is 13.0. The SMILES string of the molecule is CC(C)c1cc(S(=O)(=O)c2c(Cl)cc(N3C=NC=CN3)cc2Cl)n[nH]c1=O. The van der Waals surface area contributed by atoms with Gasteiger partial charge in [-0.25, -0.2) is 23.5 Å². The molecule has 27 heavy (non-hydrogen) atoms. The molecule has 2 heterocycles. The van der Waals surface area contributed by atoms with Gasteiger partial charge in [0, 0.05) is 18.0 Å². The lowest BCUT2D eigenvalue weighted by Gasteiger charge is -2.22. The Morgan fingerprint density at radius 1 is 1.15 bits per heavy atom. The van der Waals surface area contributed by atoms with E-state index in [4.69, 9.17) is 23.2 Å². The van der Waals surface area contributed by atoms with Crippen molar-refractivity contribution in [2.75, 3.05) is 5.01 Å². The van der Waals surface area contributed by atoms with Gasteiger partial charge in [-0.05, 0) is 24.1 Å². The lowest BCUT2D eigenvalue weighted by molar-refractivity contribution is 0.588. The van der Waals surface area contributed by atoms with Crippen LogP contribution in [-0.2, 0) is 9.84 Å². The number of aliphatic imine (C=N–C) groups is 1. The first-order valence-electron chi connectivity index (χ1n) is 7.79. The Morgan fingerprint density at radius 2 is 1.81 bits per heavy atom. The second kappa shape index (κ2) is 7.34. The molecule has 0 saturated carbocycles. The number of hydrogen-bond donors (Lipinski definition) is 2. The minimum absolute atomic E-state index is 0.0821.